The zero-order valence-corrected chi connectivity index (χ0v) is 12.1. The SMILES string of the molecule is CC1(O)CCN(Cc2ncc(-c3ccc(F)cc3)o2)CC1. The zero-order chi connectivity index (χ0) is 14.9. The highest BCUT2D eigenvalue weighted by Gasteiger charge is 2.27. The number of halogens is 1. The number of rotatable bonds is 3. The number of benzene rings is 1. The van der Waals surface area contributed by atoms with E-state index in [0.29, 0.717) is 18.2 Å². The smallest absolute Gasteiger partial charge is 0.209 e. The van der Waals surface area contributed by atoms with Gasteiger partial charge in [-0.15, -0.1) is 0 Å². The third kappa shape index (κ3) is 3.49. The van der Waals surface area contributed by atoms with Crippen LogP contribution in [0.1, 0.15) is 25.7 Å². The van der Waals surface area contributed by atoms with Crippen LogP contribution >= 0.6 is 0 Å². The normalized spacial score (nSPS) is 18.8. The Bertz CT molecular complexity index is 597. The van der Waals surface area contributed by atoms with E-state index in [1.807, 2.05) is 6.92 Å². The number of hydrogen-bond acceptors (Lipinski definition) is 4. The highest BCUT2D eigenvalue weighted by atomic mass is 19.1. The van der Waals surface area contributed by atoms with Gasteiger partial charge in [-0.05, 0) is 44.0 Å². The molecule has 21 heavy (non-hydrogen) atoms. The maximum atomic E-state index is 12.9. The van der Waals surface area contributed by atoms with Gasteiger partial charge >= 0.3 is 0 Å². The van der Waals surface area contributed by atoms with E-state index in [1.54, 1.807) is 18.3 Å². The molecule has 0 bridgehead atoms. The average molecular weight is 290 g/mol. The Balaban J connectivity index is 1.64. The van der Waals surface area contributed by atoms with E-state index in [0.717, 1.165) is 31.5 Å². The van der Waals surface area contributed by atoms with Crippen molar-refractivity contribution in [3.05, 3.63) is 42.2 Å². The van der Waals surface area contributed by atoms with Crippen LogP contribution in [0.3, 0.4) is 0 Å². The highest BCUT2D eigenvalue weighted by Crippen LogP contribution is 2.24. The molecule has 0 radical (unpaired) electrons. The van der Waals surface area contributed by atoms with Crippen LogP contribution in [-0.2, 0) is 6.54 Å². The molecule has 1 N–H and O–H groups in total. The number of likely N-dealkylation sites (tertiary alicyclic amines) is 1. The molecular weight excluding hydrogens is 271 g/mol. The van der Waals surface area contributed by atoms with Gasteiger partial charge in [0.2, 0.25) is 5.89 Å². The maximum absolute atomic E-state index is 12.9. The molecule has 112 valence electrons. The van der Waals surface area contributed by atoms with Crippen LogP contribution < -0.4 is 0 Å². The molecule has 2 heterocycles. The van der Waals surface area contributed by atoms with E-state index < -0.39 is 5.60 Å². The zero-order valence-electron chi connectivity index (χ0n) is 12.1. The van der Waals surface area contributed by atoms with Crippen LogP contribution in [0.15, 0.2) is 34.9 Å². The van der Waals surface area contributed by atoms with Crippen LogP contribution in [0.2, 0.25) is 0 Å². The van der Waals surface area contributed by atoms with Crippen LogP contribution in [0, 0.1) is 5.82 Å². The molecule has 2 aromatic rings. The fourth-order valence-electron chi connectivity index (χ4n) is 2.52. The summed E-state index contributed by atoms with van der Waals surface area (Å²) in [4.78, 5) is 6.50. The van der Waals surface area contributed by atoms with Crippen LogP contribution in [0.4, 0.5) is 4.39 Å². The first-order valence-corrected chi connectivity index (χ1v) is 7.17. The van der Waals surface area contributed by atoms with Crippen LogP contribution in [0.25, 0.3) is 11.3 Å². The van der Waals surface area contributed by atoms with Crippen molar-refractivity contribution in [1.29, 1.82) is 0 Å². The standard InChI is InChI=1S/C16H19FN2O2/c1-16(20)6-8-19(9-7-16)11-15-18-10-14(21-15)12-2-4-13(17)5-3-12/h2-5,10,20H,6-9,11H2,1H3. The van der Waals surface area contributed by atoms with Crippen molar-refractivity contribution in [2.75, 3.05) is 13.1 Å². The summed E-state index contributed by atoms with van der Waals surface area (Å²) < 4.78 is 18.6. The van der Waals surface area contributed by atoms with Crippen molar-refractivity contribution in [2.24, 2.45) is 0 Å². The minimum atomic E-state index is -0.549. The molecular formula is C16H19FN2O2. The van der Waals surface area contributed by atoms with Crippen LogP contribution in [-0.4, -0.2) is 33.7 Å². The quantitative estimate of drug-likeness (QED) is 0.944. The predicted octanol–water partition coefficient (Wildman–Crippen LogP) is 2.83. The van der Waals surface area contributed by atoms with Crippen molar-refractivity contribution >= 4 is 0 Å². The summed E-state index contributed by atoms with van der Waals surface area (Å²) in [5, 5.41) is 9.94. The summed E-state index contributed by atoms with van der Waals surface area (Å²) in [7, 11) is 0. The summed E-state index contributed by atoms with van der Waals surface area (Å²) in [5.41, 5.74) is 0.267. The van der Waals surface area contributed by atoms with Gasteiger partial charge in [-0.3, -0.25) is 4.90 Å². The molecule has 0 saturated carbocycles. The molecule has 4 nitrogen and oxygen atoms in total. The summed E-state index contributed by atoms with van der Waals surface area (Å²) in [6.07, 6.45) is 3.19. The van der Waals surface area contributed by atoms with Gasteiger partial charge in [0.05, 0.1) is 18.3 Å². The Morgan fingerprint density at radius 1 is 1.29 bits per heavy atom. The Labute approximate surface area is 123 Å². The minimum absolute atomic E-state index is 0.265. The van der Waals surface area contributed by atoms with E-state index in [4.69, 9.17) is 4.42 Å². The first-order chi connectivity index (χ1) is 10.0. The highest BCUT2D eigenvalue weighted by molar-refractivity contribution is 5.55. The predicted molar refractivity (Wildman–Crippen MR) is 77.0 cm³/mol. The fraction of sp³-hybridized carbons (Fsp3) is 0.438. The number of aromatic nitrogens is 1. The molecule has 1 saturated heterocycles. The van der Waals surface area contributed by atoms with Gasteiger partial charge in [0, 0.05) is 18.7 Å². The summed E-state index contributed by atoms with van der Waals surface area (Å²) in [5.74, 6) is 1.03. The maximum Gasteiger partial charge on any atom is 0.209 e. The second-order valence-electron chi connectivity index (χ2n) is 5.90. The second-order valence-corrected chi connectivity index (χ2v) is 5.90. The number of oxazole rings is 1. The summed E-state index contributed by atoms with van der Waals surface area (Å²) >= 11 is 0. The second kappa shape index (κ2) is 5.58. The fourth-order valence-corrected chi connectivity index (χ4v) is 2.52. The molecule has 1 aliphatic rings. The van der Waals surface area contributed by atoms with E-state index in [1.165, 1.54) is 12.1 Å². The Kier molecular flexibility index (Phi) is 3.78. The Hall–Kier alpha value is -1.72. The van der Waals surface area contributed by atoms with Crippen LogP contribution in [0.5, 0.6) is 0 Å². The number of hydrogen-bond donors (Lipinski definition) is 1. The van der Waals surface area contributed by atoms with Crippen molar-refractivity contribution in [2.45, 2.75) is 31.9 Å². The van der Waals surface area contributed by atoms with Gasteiger partial charge in [-0.25, -0.2) is 9.37 Å². The van der Waals surface area contributed by atoms with Crippen molar-refractivity contribution in [1.82, 2.24) is 9.88 Å². The molecule has 0 spiro atoms. The van der Waals surface area contributed by atoms with E-state index in [2.05, 4.69) is 9.88 Å². The Morgan fingerprint density at radius 2 is 1.95 bits per heavy atom. The van der Waals surface area contributed by atoms with Crippen molar-refractivity contribution in [3.8, 4) is 11.3 Å². The number of piperidine rings is 1. The van der Waals surface area contributed by atoms with E-state index >= 15 is 0 Å². The van der Waals surface area contributed by atoms with Gasteiger partial charge in [0.1, 0.15) is 5.82 Å². The third-order valence-electron chi connectivity index (χ3n) is 3.97. The van der Waals surface area contributed by atoms with E-state index in [9.17, 15) is 9.50 Å². The molecule has 5 heteroatoms. The first-order valence-electron chi connectivity index (χ1n) is 7.17. The average Bonchev–Trinajstić information content (AvgIpc) is 2.91. The first kappa shape index (κ1) is 14.2. The summed E-state index contributed by atoms with van der Waals surface area (Å²) in [6.45, 7) is 4.18. The molecule has 0 amide bonds. The lowest BCUT2D eigenvalue weighted by molar-refractivity contribution is -0.00905. The van der Waals surface area contributed by atoms with Gasteiger partial charge in [0.15, 0.2) is 5.76 Å². The van der Waals surface area contributed by atoms with Gasteiger partial charge in [0.25, 0.3) is 0 Å². The minimum Gasteiger partial charge on any atom is -0.439 e. The molecule has 1 fully saturated rings. The van der Waals surface area contributed by atoms with Crippen molar-refractivity contribution < 1.29 is 13.9 Å². The van der Waals surface area contributed by atoms with E-state index in [-0.39, 0.29) is 5.82 Å². The lowest BCUT2D eigenvalue weighted by atomic mass is 9.94. The molecule has 1 aromatic carbocycles. The molecule has 0 unspecified atom stereocenters. The van der Waals surface area contributed by atoms with Crippen molar-refractivity contribution in [3.63, 3.8) is 0 Å². The topological polar surface area (TPSA) is 49.5 Å². The number of aliphatic hydroxyl groups is 1. The molecule has 0 atom stereocenters. The molecule has 3 rings (SSSR count). The lowest BCUT2D eigenvalue weighted by Gasteiger charge is -2.35. The largest absolute Gasteiger partial charge is 0.439 e. The number of nitrogens with zero attached hydrogens (tertiary/aromatic N) is 2. The summed E-state index contributed by atoms with van der Waals surface area (Å²) in [6, 6.07) is 6.17. The molecule has 1 aliphatic heterocycles. The molecule has 0 aliphatic carbocycles. The third-order valence-corrected chi connectivity index (χ3v) is 3.97. The monoisotopic (exact) mass is 290 g/mol. The van der Waals surface area contributed by atoms with Gasteiger partial charge < -0.3 is 9.52 Å². The lowest BCUT2D eigenvalue weighted by Crippen LogP contribution is -2.41. The molecule has 1 aromatic heterocycles. The Morgan fingerprint density at radius 3 is 2.62 bits per heavy atom. The van der Waals surface area contributed by atoms with Gasteiger partial charge in [-0.1, -0.05) is 0 Å². The van der Waals surface area contributed by atoms with Gasteiger partial charge in [-0.2, -0.15) is 0 Å².